The van der Waals surface area contributed by atoms with Crippen molar-refractivity contribution in [1.29, 1.82) is 0 Å². The smallest absolute Gasteiger partial charge is 0.223 e. The first-order chi connectivity index (χ1) is 7.72. The molecule has 3 rings (SSSR count). The molecule has 2 heterocycles. The highest BCUT2D eigenvalue weighted by Crippen LogP contribution is 2.31. The maximum Gasteiger partial charge on any atom is 0.223 e. The molecule has 0 radical (unpaired) electrons. The van der Waals surface area contributed by atoms with Gasteiger partial charge in [-0.25, -0.2) is 4.98 Å². The summed E-state index contributed by atoms with van der Waals surface area (Å²) in [7, 11) is 0. The van der Waals surface area contributed by atoms with E-state index in [0.29, 0.717) is 12.0 Å². The third-order valence-electron chi connectivity index (χ3n) is 2.98. The van der Waals surface area contributed by atoms with Crippen molar-refractivity contribution in [3.63, 3.8) is 0 Å². The van der Waals surface area contributed by atoms with Crippen LogP contribution in [0.5, 0.6) is 0 Å². The minimum absolute atomic E-state index is 0.358. The number of fused-ring (bicyclic) bond motifs is 1. The van der Waals surface area contributed by atoms with Crippen molar-refractivity contribution in [1.82, 2.24) is 9.97 Å². The van der Waals surface area contributed by atoms with E-state index in [9.17, 15) is 0 Å². The zero-order valence-corrected chi connectivity index (χ0v) is 9.97. The van der Waals surface area contributed by atoms with Crippen LogP contribution in [-0.2, 0) is 0 Å². The number of nitrogens with zero attached hydrogens (tertiary/aromatic N) is 2. The minimum Gasteiger partial charge on any atom is -0.368 e. The van der Waals surface area contributed by atoms with Crippen LogP contribution in [0.3, 0.4) is 0 Å². The van der Waals surface area contributed by atoms with E-state index in [0.717, 1.165) is 16.0 Å². The summed E-state index contributed by atoms with van der Waals surface area (Å²) in [6.07, 6.45) is 3.77. The van der Waals surface area contributed by atoms with Crippen molar-refractivity contribution < 1.29 is 0 Å². The summed E-state index contributed by atoms with van der Waals surface area (Å²) in [6.45, 7) is 2.08. The summed E-state index contributed by atoms with van der Waals surface area (Å²) < 4.78 is 0. The monoisotopic (exact) mass is 234 g/mol. The van der Waals surface area contributed by atoms with Gasteiger partial charge in [0.05, 0.1) is 5.39 Å². The van der Waals surface area contributed by atoms with Gasteiger partial charge in [0.2, 0.25) is 5.95 Å². The molecule has 2 aromatic rings. The van der Waals surface area contributed by atoms with Crippen LogP contribution in [-0.4, -0.2) is 16.0 Å². The normalized spacial score (nSPS) is 16.3. The first kappa shape index (κ1) is 9.84. The predicted molar refractivity (Wildman–Crippen MR) is 67.8 cm³/mol. The van der Waals surface area contributed by atoms with Crippen LogP contribution >= 0.6 is 11.3 Å². The summed E-state index contributed by atoms with van der Waals surface area (Å²) in [5, 5.41) is 4.55. The third kappa shape index (κ3) is 1.61. The number of aromatic nitrogens is 2. The number of hydrogen-bond donors (Lipinski definition) is 2. The Bertz CT molecular complexity index is 530. The van der Waals surface area contributed by atoms with Gasteiger partial charge in [0.25, 0.3) is 0 Å². The Labute approximate surface area is 97.9 Å². The Balaban J connectivity index is 2.05. The van der Waals surface area contributed by atoms with E-state index in [1.54, 1.807) is 11.3 Å². The van der Waals surface area contributed by atoms with E-state index in [1.165, 1.54) is 24.1 Å². The second kappa shape index (κ2) is 3.59. The molecule has 1 aliphatic rings. The fourth-order valence-electron chi connectivity index (χ4n) is 1.91. The fraction of sp³-hybridized carbons (Fsp3) is 0.455. The van der Waals surface area contributed by atoms with E-state index in [-0.39, 0.29) is 0 Å². The number of thiophene rings is 1. The molecule has 2 aromatic heterocycles. The van der Waals surface area contributed by atoms with Gasteiger partial charge in [-0.3, -0.25) is 0 Å². The largest absolute Gasteiger partial charge is 0.368 e. The highest BCUT2D eigenvalue weighted by Gasteiger charge is 2.19. The average Bonchev–Trinajstić information content (AvgIpc) is 2.51. The lowest BCUT2D eigenvalue weighted by atomic mass is 9.93. The molecule has 0 amide bonds. The van der Waals surface area contributed by atoms with Gasteiger partial charge in [-0.1, -0.05) is 0 Å². The van der Waals surface area contributed by atoms with E-state index in [1.807, 2.05) is 0 Å². The Morgan fingerprint density at radius 3 is 2.94 bits per heavy atom. The van der Waals surface area contributed by atoms with Gasteiger partial charge in [-0.05, 0) is 32.3 Å². The maximum absolute atomic E-state index is 5.71. The molecule has 84 valence electrons. The third-order valence-corrected chi connectivity index (χ3v) is 3.92. The zero-order valence-electron chi connectivity index (χ0n) is 9.16. The summed E-state index contributed by atoms with van der Waals surface area (Å²) in [5.41, 5.74) is 5.71. The van der Waals surface area contributed by atoms with Crippen molar-refractivity contribution in [2.45, 2.75) is 32.2 Å². The van der Waals surface area contributed by atoms with Crippen molar-refractivity contribution in [3.8, 4) is 0 Å². The van der Waals surface area contributed by atoms with E-state index in [4.69, 9.17) is 5.73 Å². The van der Waals surface area contributed by atoms with Crippen LogP contribution in [0.2, 0.25) is 0 Å². The van der Waals surface area contributed by atoms with Crippen molar-refractivity contribution in [3.05, 3.63) is 10.9 Å². The van der Waals surface area contributed by atoms with Gasteiger partial charge in [0, 0.05) is 10.9 Å². The van der Waals surface area contributed by atoms with Crippen LogP contribution in [0.15, 0.2) is 6.07 Å². The lowest BCUT2D eigenvalue weighted by Gasteiger charge is -2.27. The highest BCUT2D eigenvalue weighted by atomic mass is 32.1. The van der Waals surface area contributed by atoms with Gasteiger partial charge >= 0.3 is 0 Å². The van der Waals surface area contributed by atoms with Crippen LogP contribution in [0.4, 0.5) is 11.8 Å². The number of aryl methyl sites for hydroxylation is 1. The van der Waals surface area contributed by atoms with E-state index >= 15 is 0 Å². The molecule has 0 spiro atoms. The van der Waals surface area contributed by atoms with Crippen LogP contribution in [0.25, 0.3) is 10.2 Å². The number of nitrogen functional groups attached to an aromatic ring is 1. The molecular weight excluding hydrogens is 220 g/mol. The van der Waals surface area contributed by atoms with Crippen molar-refractivity contribution in [2.75, 3.05) is 11.1 Å². The SMILES string of the molecule is Cc1cc2c(NC3CCC3)nc(N)nc2s1. The number of nitrogens with two attached hydrogens (primary N) is 1. The molecule has 4 nitrogen and oxygen atoms in total. The van der Waals surface area contributed by atoms with Gasteiger partial charge in [0.15, 0.2) is 0 Å². The van der Waals surface area contributed by atoms with Crippen molar-refractivity contribution in [2.24, 2.45) is 0 Å². The predicted octanol–water partition coefficient (Wildman–Crippen LogP) is 2.55. The lowest BCUT2D eigenvalue weighted by Crippen LogP contribution is -2.27. The van der Waals surface area contributed by atoms with E-state index < -0.39 is 0 Å². The molecule has 0 aromatic carbocycles. The second-order valence-corrected chi connectivity index (χ2v) is 5.51. The second-order valence-electron chi connectivity index (χ2n) is 4.28. The first-order valence-corrected chi connectivity index (χ1v) is 6.34. The molecule has 0 unspecified atom stereocenters. The Hall–Kier alpha value is -1.36. The molecule has 16 heavy (non-hydrogen) atoms. The molecular formula is C11H14N4S. The first-order valence-electron chi connectivity index (χ1n) is 5.52. The number of nitrogens with one attached hydrogen (secondary N) is 1. The Kier molecular flexibility index (Phi) is 2.21. The average molecular weight is 234 g/mol. The molecule has 5 heteroatoms. The summed E-state index contributed by atoms with van der Waals surface area (Å²) in [4.78, 5) is 10.8. The summed E-state index contributed by atoms with van der Waals surface area (Å²) in [6, 6.07) is 2.69. The molecule has 1 saturated carbocycles. The summed E-state index contributed by atoms with van der Waals surface area (Å²) in [5.74, 6) is 1.26. The zero-order chi connectivity index (χ0) is 11.1. The Morgan fingerprint density at radius 1 is 1.44 bits per heavy atom. The van der Waals surface area contributed by atoms with Gasteiger partial charge < -0.3 is 11.1 Å². The molecule has 1 aliphatic carbocycles. The number of hydrogen-bond acceptors (Lipinski definition) is 5. The number of rotatable bonds is 2. The fourth-order valence-corrected chi connectivity index (χ4v) is 2.80. The topological polar surface area (TPSA) is 63.8 Å². The van der Waals surface area contributed by atoms with Crippen LogP contribution in [0.1, 0.15) is 24.1 Å². The molecule has 1 fully saturated rings. The number of anilines is 2. The van der Waals surface area contributed by atoms with E-state index in [2.05, 4.69) is 28.3 Å². The Morgan fingerprint density at radius 2 is 2.25 bits per heavy atom. The molecule has 0 aliphatic heterocycles. The lowest BCUT2D eigenvalue weighted by molar-refractivity contribution is 0.445. The standard InChI is InChI=1S/C11H14N4S/c1-6-5-8-9(13-7-3-2-4-7)14-11(12)15-10(8)16-6/h5,7H,2-4H2,1H3,(H3,12,13,14,15). The van der Waals surface area contributed by atoms with Gasteiger partial charge in [0.1, 0.15) is 10.6 Å². The minimum atomic E-state index is 0.358. The van der Waals surface area contributed by atoms with Gasteiger partial charge in [-0.15, -0.1) is 11.3 Å². The molecule has 0 saturated heterocycles. The molecule has 0 bridgehead atoms. The van der Waals surface area contributed by atoms with Crippen LogP contribution < -0.4 is 11.1 Å². The maximum atomic E-state index is 5.71. The molecule has 3 N–H and O–H groups in total. The van der Waals surface area contributed by atoms with Gasteiger partial charge in [-0.2, -0.15) is 4.98 Å². The molecule has 0 atom stereocenters. The van der Waals surface area contributed by atoms with Crippen LogP contribution in [0, 0.1) is 6.92 Å². The quantitative estimate of drug-likeness (QED) is 0.838. The van der Waals surface area contributed by atoms with Crippen molar-refractivity contribution >= 4 is 33.3 Å². The summed E-state index contributed by atoms with van der Waals surface area (Å²) >= 11 is 1.66. The highest BCUT2D eigenvalue weighted by molar-refractivity contribution is 7.18.